The van der Waals surface area contributed by atoms with Crippen molar-refractivity contribution < 1.29 is 4.74 Å². The van der Waals surface area contributed by atoms with Crippen LogP contribution in [0.2, 0.25) is 0 Å². The summed E-state index contributed by atoms with van der Waals surface area (Å²) < 4.78 is 6.18. The number of hydrogen-bond acceptors (Lipinski definition) is 4. The van der Waals surface area contributed by atoms with Gasteiger partial charge in [0.15, 0.2) is 0 Å². The van der Waals surface area contributed by atoms with Gasteiger partial charge in [0.05, 0.1) is 22.3 Å². The molecule has 0 radical (unpaired) electrons. The Bertz CT molecular complexity index is 556. The Kier molecular flexibility index (Phi) is 4.96. The van der Waals surface area contributed by atoms with Crippen molar-refractivity contribution in [1.29, 1.82) is 0 Å². The summed E-state index contributed by atoms with van der Waals surface area (Å²) in [7, 11) is 1.66. The third-order valence-electron chi connectivity index (χ3n) is 2.85. The van der Waals surface area contributed by atoms with E-state index in [4.69, 9.17) is 10.5 Å². The molecule has 2 N–H and O–H groups in total. The number of ether oxygens (including phenoxy) is 1. The molecule has 1 atom stereocenters. The normalized spacial score (nSPS) is 12.4. The minimum atomic E-state index is 0.0850. The van der Waals surface area contributed by atoms with Gasteiger partial charge < -0.3 is 10.5 Å². The highest BCUT2D eigenvalue weighted by Crippen LogP contribution is 2.26. The number of methoxy groups -OCH3 is 1. The van der Waals surface area contributed by atoms with E-state index in [0.29, 0.717) is 0 Å². The first kappa shape index (κ1) is 14.5. The Morgan fingerprint density at radius 2 is 2.21 bits per heavy atom. The van der Waals surface area contributed by atoms with Crippen molar-refractivity contribution in [3.63, 3.8) is 0 Å². The highest BCUT2D eigenvalue weighted by atomic mass is 79.9. The van der Waals surface area contributed by atoms with Crippen molar-refractivity contribution in [2.75, 3.05) is 7.11 Å². The van der Waals surface area contributed by atoms with Crippen LogP contribution >= 0.6 is 27.3 Å². The van der Waals surface area contributed by atoms with Gasteiger partial charge >= 0.3 is 0 Å². The Hall–Kier alpha value is -0.910. The van der Waals surface area contributed by atoms with Crippen molar-refractivity contribution in [3.05, 3.63) is 44.3 Å². The van der Waals surface area contributed by atoms with E-state index in [0.717, 1.165) is 33.8 Å². The predicted octanol–water partition coefficient (Wildman–Crippen LogP) is 3.34. The molecule has 0 fully saturated rings. The number of halogens is 1. The first-order valence-corrected chi connectivity index (χ1v) is 7.74. The van der Waals surface area contributed by atoms with E-state index in [-0.39, 0.29) is 6.04 Å². The van der Waals surface area contributed by atoms with Gasteiger partial charge in [-0.3, -0.25) is 0 Å². The molecule has 0 bridgehead atoms. The van der Waals surface area contributed by atoms with Crippen molar-refractivity contribution in [2.45, 2.75) is 25.8 Å². The first-order valence-electron chi connectivity index (χ1n) is 6.07. The summed E-state index contributed by atoms with van der Waals surface area (Å²) in [5.41, 5.74) is 8.47. The lowest BCUT2D eigenvalue weighted by molar-refractivity contribution is 0.412. The molecule has 1 aromatic carbocycles. The molecular formula is C14H17BrN2OS. The highest BCUT2D eigenvalue weighted by Gasteiger charge is 2.09. The average molecular weight is 341 g/mol. The van der Waals surface area contributed by atoms with Crippen LogP contribution < -0.4 is 10.5 Å². The summed E-state index contributed by atoms with van der Waals surface area (Å²) in [5, 5.41) is 3.17. The SMILES string of the molecule is COc1ccc(CC(N)Cc2csc(C)n2)cc1Br. The van der Waals surface area contributed by atoms with E-state index in [1.807, 2.05) is 13.0 Å². The lowest BCUT2D eigenvalue weighted by Crippen LogP contribution is -2.25. The summed E-state index contributed by atoms with van der Waals surface area (Å²) in [6, 6.07) is 6.15. The van der Waals surface area contributed by atoms with Gasteiger partial charge in [-0.1, -0.05) is 6.07 Å². The van der Waals surface area contributed by atoms with E-state index in [9.17, 15) is 0 Å². The van der Waals surface area contributed by atoms with Gasteiger partial charge in [0, 0.05) is 17.8 Å². The smallest absolute Gasteiger partial charge is 0.133 e. The molecule has 0 aliphatic carbocycles. The largest absolute Gasteiger partial charge is 0.496 e. The Labute approximate surface area is 125 Å². The number of nitrogens with zero attached hydrogens (tertiary/aromatic N) is 1. The minimum Gasteiger partial charge on any atom is -0.496 e. The standard InChI is InChI=1S/C14H17BrN2OS/c1-9-17-12(8-19-9)7-11(16)5-10-3-4-14(18-2)13(15)6-10/h3-4,6,8,11H,5,7,16H2,1-2H3. The summed E-state index contributed by atoms with van der Waals surface area (Å²) in [6.07, 6.45) is 1.65. The zero-order chi connectivity index (χ0) is 13.8. The molecule has 0 saturated carbocycles. The van der Waals surface area contributed by atoms with Crippen molar-refractivity contribution in [1.82, 2.24) is 4.98 Å². The number of aryl methyl sites for hydroxylation is 1. The van der Waals surface area contributed by atoms with E-state index in [1.54, 1.807) is 18.4 Å². The zero-order valence-electron chi connectivity index (χ0n) is 11.0. The molecule has 19 heavy (non-hydrogen) atoms. The van der Waals surface area contributed by atoms with Crippen LogP contribution in [0.5, 0.6) is 5.75 Å². The Morgan fingerprint density at radius 3 is 2.79 bits per heavy atom. The summed E-state index contributed by atoms with van der Waals surface area (Å²) in [5.74, 6) is 0.840. The maximum absolute atomic E-state index is 6.19. The number of benzene rings is 1. The molecule has 2 aromatic rings. The Morgan fingerprint density at radius 1 is 1.42 bits per heavy atom. The molecule has 1 aromatic heterocycles. The molecule has 0 aliphatic heterocycles. The second kappa shape index (κ2) is 6.50. The fourth-order valence-electron chi connectivity index (χ4n) is 1.98. The van der Waals surface area contributed by atoms with E-state index in [2.05, 4.69) is 38.4 Å². The average Bonchev–Trinajstić information content (AvgIpc) is 2.74. The summed E-state index contributed by atoms with van der Waals surface area (Å²) >= 11 is 5.16. The molecule has 1 heterocycles. The van der Waals surface area contributed by atoms with Gasteiger partial charge in [-0.2, -0.15) is 0 Å². The second-order valence-electron chi connectivity index (χ2n) is 4.50. The van der Waals surface area contributed by atoms with Gasteiger partial charge in [0.25, 0.3) is 0 Å². The van der Waals surface area contributed by atoms with Crippen LogP contribution in [-0.2, 0) is 12.8 Å². The van der Waals surface area contributed by atoms with Gasteiger partial charge in [-0.15, -0.1) is 11.3 Å². The minimum absolute atomic E-state index is 0.0850. The van der Waals surface area contributed by atoms with E-state index < -0.39 is 0 Å². The van der Waals surface area contributed by atoms with Crippen LogP contribution in [0.25, 0.3) is 0 Å². The van der Waals surface area contributed by atoms with Crippen molar-refractivity contribution in [3.8, 4) is 5.75 Å². The monoisotopic (exact) mass is 340 g/mol. The maximum atomic E-state index is 6.19. The van der Waals surface area contributed by atoms with Crippen LogP contribution in [0.4, 0.5) is 0 Å². The van der Waals surface area contributed by atoms with E-state index in [1.165, 1.54) is 5.56 Å². The van der Waals surface area contributed by atoms with Crippen LogP contribution in [0, 0.1) is 6.92 Å². The van der Waals surface area contributed by atoms with Gasteiger partial charge in [0.2, 0.25) is 0 Å². The molecule has 0 aliphatic rings. The molecule has 0 spiro atoms. The molecule has 0 saturated heterocycles. The lowest BCUT2D eigenvalue weighted by Gasteiger charge is -2.11. The number of rotatable bonds is 5. The molecule has 2 rings (SSSR count). The summed E-state index contributed by atoms with van der Waals surface area (Å²) in [4.78, 5) is 4.45. The molecule has 3 nitrogen and oxygen atoms in total. The molecule has 1 unspecified atom stereocenters. The number of thiazole rings is 1. The third kappa shape index (κ3) is 4.03. The zero-order valence-corrected chi connectivity index (χ0v) is 13.4. The fraction of sp³-hybridized carbons (Fsp3) is 0.357. The maximum Gasteiger partial charge on any atom is 0.133 e. The Balaban J connectivity index is 1.98. The quantitative estimate of drug-likeness (QED) is 0.907. The number of nitrogens with two attached hydrogens (primary N) is 1. The van der Waals surface area contributed by atoms with Crippen LogP contribution in [0.15, 0.2) is 28.1 Å². The van der Waals surface area contributed by atoms with Crippen molar-refractivity contribution in [2.24, 2.45) is 5.73 Å². The molecule has 102 valence electrons. The topological polar surface area (TPSA) is 48.1 Å². The van der Waals surface area contributed by atoms with Gasteiger partial charge in [0.1, 0.15) is 5.75 Å². The highest BCUT2D eigenvalue weighted by molar-refractivity contribution is 9.10. The fourth-order valence-corrected chi connectivity index (χ4v) is 3.20. The van der Waals surface area contributed by atoms with Crippen LogP contribution in [0.3, 0.4) is 0 Å². The van der Waals surface area contributed by atoms with Crippen LogP contribution in [-0.4, -0.2) is 18.1 Å². The lowest BCUT2D eigenvalue weighted by atomic mass is 10.0. The molecule has 5 heteroatoms. The first-order chi connectivity index (χ1) is 9.08. The van der Waals surface area contributed by atoms with Gasteiger partial charge in [-0.25, -0.2) is 4.98 Å². The van der Waals surface area contributed by atoms with Crippen LogP contribution in [0.1, 0.15) is 16.3 Å². The molecule has 0 amide bonds. The molecular weight excluding hydrogens is 324 g/mol. The second-order valence-corrected chi connectivity index (χ2v) is 6.41. The number of aromatic nitrogens is 1. The van der Waals surface area contributed by atoms with Gasteiger partial charge in [-0.05, 0) is 47.0 Å². The third-order valence-corrected chi connectivity index (χ3v) is 4.29. The number of hydrogen-bond donors (Lipinski definition) is 1. The predicted molar refractivity (Wildman–Crippen MR) is 82.9 cm³/mol. The summed E-state index contributed by atoms with van der Waals surface area (Å²) in [6.45, 7) is 2.01. The van der Waals surface area contributed by atoms with E-state index >= 15 is 0 Å². The van der Waals surface area contributed by atoms with Crippen molar-refractivity contribution >= 4 is 27.3 Å².